The fraction of sp³-hybridized carbons (Fsp3) is 0.562. The molecule has 0 aromatic carbocycles. The Bertz CT molecular complexity index is 650. The van der Waals surface area contributed by atoms with Crippen LogP contribution in [0.15, 0.2) is 28.0 Å². The number of carbonyl (C=O) groups excluding carboxylic acids is 1. The average Bonchev–Trinajstić information content (AvgIpc) is 3.33. The van der Waals surface area contributed by atoms with E-state index in [2.05, 4.69) is 15.5 Å². The first-order valence-electron chi connectivity index (χ1n) is 8.26. The first-order chi connectivity index (χ1) is 11.8. The van der Waals surface area contributed by atoms with E-state index in [1.165, 1.54) is 11.8 Å². The molecule has 0 radical (unpaired) electrons. The summed E-state index contributed by atoms with van der Waals surface area (Å²) in [6, 6.07) is 3.68. The number of amides is 1. The van der Waals surface area contributed by atoms with Gasteiger partial charge in [0.1, 0.15) is 0 Å². The van der Waals surface area contributed by atoms with Crippen LogP contribution in [0.25, 0.3) is 11.6 Å². The Balaban J connectivity index is 1.73. The van der Waals surface area contributed by atoms with Gasteiger partial charge in [-0.1, -0.05) is 18.7 Å². The van der Waals surface area contributed by atoms with Gasteiger partial charge in [0.05, 0.1) is 24.7 Å². The van der Waals surface area contributed by atoms with Gasteiger partial charge in [-0.15, -0.1) is 10.2 Å². The van der Waals surface area contributed by atoms with Gasteiger partial charge in [0, 0.05) is 13.2 Å². The lowest BCUT2D eigenvalue weighted by atomic mass is 10.2. The number of hydrogen-bond acceptors (Lipinski definition) is 6. The lowest BCUT2D eigenvalue weighted by Crippen LogP contribution is -2.26. The predicted octanol–water partition coefficient (Wildman–Crippen LogP) is 2.34. The summed E-state index contributed by atoms with van der Waals surface area (Å²) in [5, 5.41) is 12.1. The van der Waals surface area contributed by atoms with Crippen LogP contribution in [0.3, 0.4) is 0 Å². The SMILES string of the molecule is CCCNC(=O)CSc1nnc(-c2ccco2)n1C[C@H]1CCCO1. The van der Waals surface area contributed by atoms with E-state index in [-0.39, 0.29) is 12.0 Å². The van der Waals surface area contributed by atoms with E-state index < -0.39 is 0 Å². The molecule has 0 aliphatic carbocycles. The van der Waals surface area contributed by atoms with Gasteiger partial charge >= 0.3 is 0 Å². The van der Waals surface area contributed by atoms with Crippen LogP contribution >= 0.6 is 11.8 Å². The van der Waals surface area contributed by atoms with Crippen LogP contribution in [0.2, 0.25) is 0 Å². The largest absolute Gasteiger partial charge is 0.461 e. The Morgan fingerprint density at radius 2 is 2.42 bits per heavy atom. The molecule has 8 heteroatoms. The van der Waals surface area contributed by atoms with Crippen LogP contribution in [-0.2, 0) is 16.1 Å². The molecule has 0 bridgehead atoms. The number of nitrogens with zero attached hydrogens (tertiary/aromatic N) is 3. The minimum Gasteiger partial charge on any atom is -0.461 e. The topological polar surface area (TPSA) is 82.2 Å². The van der Waals surface area contributed by atoms with Crippen LogP contribution in [0.4, 0.5) is 0 Å². The summed E-state index contributed by atoms with van der Waals surface area (Å²) in [6.45, 7) is 4.19. The fourth-order valence-corrected chi connectivity index (χ4v) is 3.36. The van der Waals surface area contributed by atoms with Crippen molar-refractivity contribution in [3.05, 3.63) is 18.4 Å². The third-order valence-electron chi connectivity index (χ3n) is 3.77. The zero-order valence-electron chi connectivity index (χ0n) is 13.7. The molecule has 0 spiro atoms. The zero-order chi connectivity index (χ0) is 16.8. The maximum Gasteiger partial charge on any atom is 0.230 e. The van der Waals surface area contributed by atoms with Crippen molar-refractivity contribution >= 4 is 17.7 Å². The van der Waals surface area contributed by atoms with Gasteiger partial charge < -0.3 is 14.5 Å². The minimum atomic E-state index is 0.00747. The molecule has 24 heavy (non-hydrogen) atoms. The molecule has 1 atom stereocenters. The van der Waals surface area contributed by atoms with Crippen LogP contribution in [0.5, 0.6) is 0 Å². The molecule has 3 heterocycles. The van der Waals surface area contributed by atoms with Crippen molar-refractivity contribution in [1.29, 1.82) is 0 Å². The van der Waals surface area contributed by atoms with Crippen LogP contribution in [0.1, 0.15) is 26.2 Å². The number of ether oxygens (including phenoxy) is 1. The molecule has 0 saturated carbocycles. The van der Waals surface area contributed by atoms with E-state index in [1.807, 2.05) is 23.6 Å². The quantitative estimate of drug-likeness (QED) is 0.736. The predicted molar refractivity (Wildman–Crippen MR) is 90.7 cm³/mol. The molecular formula is C16H22N4O3S. The van der Waals surface area contributed by atoms with E-state index in [1.54, 1.807) is 6.26 Å². The van der Waals surface area contributed by atoms with E-state index in [0.29, 0.717) is 35.6 Å². The number of furan rings is 1. The molecule has 7 nitrogen and oxygen atoms in total. The molecule has 1 N–H and O–H groups in total. The van der Waals surface area contributed by atoms with Crippen LogP contribution in [-0.4, -0.2) is 45.7 Å². The first-order valence-corrected chi connectivity index (χ1v) is 9.24. The summed E-state index contributed by atoms with van der Waals surface area (Å²) in [4.78, 5) is 11.8. The summed E-state index contributed by atoms with van der Waals surface area (Å²) >= 11 is 1.39. The highest BCUT2D eigenvalue weighted by Crippen LogP contribution is 2.26. The van der Waals surface area contributed by atoms with Crippen molar-refractivity contribution in [1.82, 2.24) is 20.1 Å². The summed E-state index contributed by atoms with van der Waals surface area (Å²) in [7, 11) is 0. The van der Waals surface area contributed by atoms with E-state index in [4.69, 9.17) is 9.15 Å². The van der Waals surface area contributed by atoms with Crippen molar-refractivity contribution in [3.8, 4) is 11.6 Å². The van der Waals surface area contributed by atoms with Gasteiger partial charge in [0.2, 0.25) is 11.7 Å². The molecule has 1 saturated heterocycles. The number of hydrogen-bond donors (Lipinski definition) is 1. The van der Waals surface area contributed by atoms with Crippen molar-refractivity contribution in [2.24, 2.45) is 0 Å². The maximum atomic E-state index is 11.8. The third-order valence-corrected chi connectivity index (χ3v) is 4.74. The van der Waals surface area contributed by atoms with Gasteiger partial charge in [-0.2, -0.15) is 0 Å². The lowest BCUT2D eigenvalue weighted by molar-refractivity contribution is -0.118. The third kappa shape index (κ3) is 4.18. The standard InChI is InChI=1S/C16H22N4O3S/c1-2-7-17-14(21)11-24-16-19-18-15(13-6-4-9-23-13)20(16)10-12-5-3-8-22-12/h4,6,9,12H,2-3,5,7-8,10-11H2,1H3,(H,17,21)/t12-/m1/s1. The summed E-state index contributed by atoms with van der Waals surface area (Å²) in [5.74, 6) is 1.67. The molecule has 1 aliphatic heterocycles. The average molecular weight is 350 g/mol. The van der Waals surface area contributed by atoms with Gasteiger partial charge in [0.15, 0.2) is 10.9 Å². The Morgan fingerprint density at radius 1 is 1.50 bits per heavy atom. The number of thioether (sulfide) groups is 1. The highest BCUT2D eigenvalue weighted by Gasteiger charge is 2.23. The van der Waals surface area contributed by atoms with Gasteiger partial charge in [-0.05, 0) is 31.4 Å². The molecule has 0 unspecified atom stereocenters. The van der Waals surface area contributed by atoms with Crippen molar-refractivity contribution in [2.75, 3.05) is 18.9 Å². The Kier molecular flexibility index (Phi) is 5.92. The van der Waals surface area contributed by atoms with Crippen molar-refractivity contribution < 1.29 is 13.9 Å². The summed E-state index contributed by atoms with van der Waals surface area (Å²) in [6.07, 6.45) is 4.80. The lowest BCUT2D eigenvalue weighted by Gasteiger charge is -2.13. The van der Waals surface area contributed by atoms with Crippen LogP contribution < -0.4 is 5.32 Å². The molecular weight excluding hydrogens is 328 g/mol. The normalized spacial score (nSPS) is 17.3. The second-order valence-electron chi connectivity index (χ2n) is 5.67. The van der Waals surface area contributed by atoms with E-state index in [0.717, 1.165) is 25.9 Å². The molecule has 1 fully saturated rings. The second-order valence-corrected chi connectivity index (χ2v) is 6.61. The zero-order valence-corrected chi connectivity index (χ0v) is 14.6. The summed E-state index contributed by atoms with van der Waals surface area (Å²) < 4.78 is 13.2. The molecule has 2 aromatic rings. The van der Waals surface area contributed by atoms with Crippen molar-refractivity contribution in [2.45, 2.75) is 44.0 Å². The molecule has 3 rings (SSSR count). The Morgan fingerprint density at radius 3 is 3.12 bits per heavy atom. The fourth-order valence-electron chi connectivity index (χ4n) is 2.59. The Labute approximate surface area is 145 Å². The smallest absolute Gasteiger partial charge is 0.230 e. The van der Waals surface area contributed by atoms with Crippen LogP contribution in [0, 0.1) is 0 Å². The number of rotatable bonds is 8. The van der Waals surface area contributed by atoms with Gasteiger partial charge in [0.25, 0.3) is 0 Å². The summed E-state index contributed by atoms with van der Waals surface area (Å²) in [5.41, 5.74) is 0. The Hall–Kier alpha value is -1.80. The second kappa shape index (κ2) is 8.34. The molecule has 1 amide bonds. The molecule has 2 aromatic heterocycles. The molecule has 1 aliphatic rings. The maximum absolute atomic E-state index is 11.8. The number of carbonyl (C=O) groups is 1. The van der Waals surface area contributed by atoms with Gasteiger partial charge in [-0.3, -0.25) is 9.36 Å². The highest BCUT2D eigenvalue weighted by atomic mass is 32.2. The number of nitrogens with one attached hydrogen (secondary N) is 1. The monoisotopic (exact) mass is 350 g/mol. The number of aromatic nitrogens is 3. The minimum absolute atomic E-state index is 0.00747. The highest BCUT2D eigenvalue weighted by molar-refractivity contribution is 7.99. The van der Waals surface area contributed by atoms with Crippen molar-refractivity contribution in [3.63, 3.8) is 0 Å². The first kappa shape index (κ1) is 17.0. The van der Waals surface area contributed by atoms with E-state index >= 15 is 0 Å². The van der Waals surface area contributed by atoms with Gasteiger partial charge in [-0.25, -0.2) is 0 Å². The molecule has 130 valence electrons. The van der Waals surface area contributed by atoms with E-state index in [9.17, 15) is 4.79 Å².